The van der Waals surface area contributed by atoms with E-state index in [1.807, 2.05) is 0 Å². The minimum atomic E-state index is -0.242. The topological polar surface area (TPSA) is 71.2 Å². The smallest absolute Gasteiger partial charge is 0.266 e. The van der Waals surface area contributed by atoms with Crippen molar-refractivity contribution in [3.8, 4) is 12.3 Å². The van der Waals surface area contributed by atoms with Crippen LogP contribution in [0.2, 0.25) is 0 Å². The van der Waals surface area contributed by atoms with E-state index in [0.717, 1.165) is 31.1 Å². The number of rotatable bonds is 3. The molecule has 0 unspecified atom stereocenters. The normalized spacial score (nSPS) is 15.6. The van der Waals surface area contributed by atoms with Crippen molar-refractivity contribution in [3.05, 3.63) is 4.88 Å². The van der Waals surface area contributed by atoms with Gasteiger partial charge >= 0.3 is 0 Å². The third-order valence-electron chi connectivity index (χ3n) is 3.08. The van der Waals surface area contributed by atoms with Crippen molar-refractivity contribution in [1.29, 1.82) is 0 Å². The Labute approximate surface area is 117 Å². The standard InChI is InChI=1S/C13H18N4OS/c1-2-7-15-12(18)10-11(14)16-13(19-10)17-8-5-3-4-6-9-17/h1H,3-9,14H2,(H,15,18). The van der Waals surface area contributed by atoms with Gasteiger partial charge in [0.25, 0.3) is 5.91 Å². The number of carbonyl (C=O) groups is 1. The number of thiazole rings is 1. The van der Waals surface area contributed by atoms with Crippen molar-refractivity contribution >= 4 is 28.2 Å². The minimum Gasteiger partial charge on any atom is -0.382 e. The zero-order valence-corrected chi connectivity index (χ0v) is 11.6. The fourth-order valence-electron chi connectivity index (χ4n) is 2.09. The van der Waals surface area contributed by atoms with Crippen LogP contribution in [0.3, 0.4) is 0 Å². The molecule has 0 bridgehead atoms. The van der Waals surface area contributed by atoms with Crippen molar-refractivity contribution < 1.29 is 4.79 Å². The van der Waals surface area contributed by atoms with Gasteiger partial charge in [-0.25, -0.2) is 4.98 Å². The van der Waals surface area contributed by atoms with E-state index < -0.39 is 0 Å². The first kappa shape index (κ1) is 13.7. The molecule has 1 aliphatic rings. The average molecular weight is 278 g/mol. The van der Waals surface area contributed by atoms with Crippen LogP contribution in [0.25, 0.3) is 0 Å². The van der Waals surface area contributed by atoms with Gasteiger partial charge in [0.2, 0.25) is 0 Å². The number of nitrogens with one attached hydrogen (secondary N) is 1. The van der Waals surface area contributed by atoms with Crippen LogP contribution in [0.1, 0.15) is 35.4 Å². The molecule has 2 rings (SSSR count). The van der Waals surface area contributed by atoms with Gasteiger partial charge in [0.1, 0.15) is 10.7 Å². The molecule has 1 amide bonds. The Balaban J connectivity index is 2.11. The maximum atomic E-state index is 11.9. The number of amides is 1. The van der Waals surface area contributed by atoms with E-state index in [1.165, 1.54) is 24.2 Å². The second-order valence-electron chi connectivity index (χ2n) is 4.50. The lowest BCUT2D eigenvalue weighted by molar-refractivity contribution is 0.0963. The van der Waals surface area contributed by atoms with E-state index in [1.54, 1.807) is 0 Å². The first-order chi connectivity index (χ1) is 9.22. The van der Waals surface area contributed by atoms with Crippen LogP contribution in [0.5, 0.6) is 0 Å². The van der Waals surface area contributed by atoms with Gasteiger partial charge in [0.05, 0.1) is 6.54 Å². The van der Waals surface area contributed by atoms with Crippen LogP contribution in [-0.4, -0.2) is 30.5 Å². The predicted octanol–water partition coefficient (Wildman–Crippen LogP) is 1.47. The largest absolute Gasteiger partial charge is 0.382 e. The molecule has 0 atom stereocenters. The van der Waals surface area contributed by atoms with E-state index in [0.29, 0.717) is 10.7 Å². The fourth-order valence-corrected chi connectivity index (χ4v) is 3.05. The van der Waals surface area contributed by atoms with Gasteiger partial charge in [-0.2, -0.15) is 0 Å². The van der Waals surface area contributed by atoms with E-state index >= 15 is 0 Å². The maximum Gasteiger partial charge on any atom is 0.266 e. The van der Waals surface area contributed by atoms with E-state index in [2.05, 4.69) is 21.1 Å². The summed E-state index contributed by atoms with van der Waals surface area (Å²) in [5.41, 5.74) is 5.82. The van der Waals surface area contributed by atoms with Crippen molar-refractivity contribution in [1.82, 2.24) is 10.3 Å². The fraction of sp³-hybridized carbons (Fsp3) is 0.538. The number of hydrogen-bond donors (Lipinski definition) is 2. The number of carbonyl (C=O) groups excluding carboxylic acids is 1. The molecule has 0 aliphatic carbocycles. The van der Waals surface area contributed by atoms with E-state index in [9.17, 15) is 4.79 Å². The summed E-state index contributed by atoms with van der Waals surface area (Å²) in [5.74, 6) is 2.42. The molecule has 1 aromatic rings. The highest BCUT2D eigenvalue weighted by Crippen LogP contribution is 2.29. The monoisotopic (exact) mass is 278 g/mol. The van der Waals surface area contributed by atoms with Crippen LogP contribution >= 0.6 is 11.3 Å². The molecule has 2 heterocycles. The summed E-state index contributed by atoms with van der Waals surface area (Å²) in [6, 6.07) is 0. The summed E-state index contributed by atoms with van der Waals surface area (Å²) in [6.07, 6.45) is 9.96. The van der Waals surface area contributed by atoms with E-state index in [4.69, 9.17) is 12.2 Å². The first-order valence-corrected chi connectivity index (χ1v) is 7.27. The van der Waals surface area contributed by atoms with Crippen LogP contribution in [0.15, 0.2) is 0 Å². The molecule has 19 heavy (non-hydrogen) atoms. The maximum absolute atomic E-state index is 11.9. The predicted molar refractivity (Wildman–Crippen MR) is 78.4 cm³/mol. The van der Waals surface area contributed by atoms with E-state index in [-0.39, 0.29) is 12.5 Å². The molecule has 0 spiro atoms. The average Bonchev–Trinajstić information content (AvgIpc) is 2.65. The first-order valence-electron chi connectivity index (χ1n) is 6.45. The minimum absolute atomic E-state index is 0.204. The number of aromatic nitrogens is 1. The van der Waals surface area contributed by atoms with Crippen molar-refractivity contribution in [3.63, 3.8) is 0 Å². The van der Waals surface area contributed by atoms with Gasteiger partial charge in [-0.15, -0.1) is 6.42 Å². The van der Waals surface area contributed by atoms with Crippen LogP contribution in [0, 0.1) is 12.3 Å². The van der Waals surface area contributed by atoms with Gasteiger partial charge < -0.3 is 16.0 Å². The lowest BCUT2D eigenvalue weighted by Gasteiger charge is -2.18. The molecule has 3 N–H and O–H groups in total. The molecular formula is C13H18N4OS. The molecule has 0 radical (unpaired) electrons. The molecule has 6 heteroatoms. The number of terminal acetylenes is 1. The summed E-state index contributed by atoms with van der Waals surface area (Å²) in [6.45, 7) is 2.17. The Kier molecular flexibility index (Phi) is 4.63. The second kappa shape index (κ2) is 6.43. The van der Waals surface area contributed by atoms with Crippen LogP contribution in [0.4, 0.5) is 10.9 Å². The molecule has 1 fully saturated rings. The molecule has 0 saturated carbocycles. The van der Waals surface area contributed by atoms with Crippen LogP contribution in [-0.2, 0) is 0 Å². The molecular weight excluding hydrogens is 260 g/mol. The van der Waals surface area contributed by atoms with Gasteiger partial charge in [0.15, 0.2) is 5.13 Å². The molecule has 5 nitrogen and oxygen atoms in total. The van der Waals surface area contributed by atoms with Crippen molar-refractivity contribution in [2.24, 2.45) is 0 Å². The van der Waals surface area contributed by atoms with Crippen molar-refractivity contribution in [2.75, 3.05) is 30.3 Å². The van der Waals surface area contributed by atoms with Crippen LogP contribution < -0.4 is 16.0 Å². The summed E-state index contributed by atoms with van der Waals surface area (Å²) in [7, 11) is 0. The zero-order chi connectivity index (χ0) is 13.7. The highest BCUT2D eigenvalue weighted by molar-refractivity contribution is 7.18. The molecule has 0 aromatic carbocycles. The third-order valence-corrected chi connectivity index (χ3v) is 4.21. The SMILES string of the molecule is C#CCNC(=O)c1sc(N2CCCCCC2)nc1N. The number of nitrogens with two attached hydrogens (primary N) is 1. The Morgan fingerprint density at radius 2 is 2.11 bits per heavy atom. The second-order valence-corrected chi connectivity index (χ2v) is 5.48. The number of nitrogen functional groups attached to an aromatic ring is 1. The van der Waals surface area contributed by atoms with Gasteiger partial charge in [-0.3, -0.25) is 4.79 Å². The summed E-state index contributed by atoms with van der Waals surface area (Å²) in [5, 5.41) is 3.45. The lowest BCUT2D eigenvalue weighted by Crippen LogP contribution is -2.23. The van der Waals surface area contributed by atoms with Gasteiger partial charge in [-0.05, 0) is 12.8 Å². The Hall–Kier alpha value is -1.74. The lowest BCUT2D eigenvalue weighted by atomic mass is 10.2. The molecule has 1 saturated heterocycles. The summed E-state index contributed by atoms with van der Waals surface area (Å²) < 4.78 is 0. The quantitative estimate of drug-likeness (QED) is 0.821. The highest BCUT2D eigenvalue weighted by atomic mass is 32.1. The Morgan fingerprint density at radius 1 is 1.42 bits per heavy atom. The van der Waals surface area contributed by atoms with Gasteiger partial charge in [-0.1, -0.05) is 30.1 Å². The molecule has 1 aromatic heterocycles. The summed E-state index contributed by atoms with van der Waals surface area (Å²) >= 11 is 1.34. The summed E-state index contributed by atoms with van der Waals surface area (Å²) in [4.78, 5) is 18.8. The number of anilines is 2. The molecule has 102 valence electrons. The Morgan fingerprint density at radius 3 is 2.74 bits per heavy atom. The molecule has 1 aliphatic heterocycles. The number of hydrogen-bond acceptors (Lipinski definition) is 5. The Bertz CT molecular complexity index is 483. The van der Waals surface area contributed by atoms with Gasteiger partial charge in [0, 0.05) is 13.1 Å². The highest BCUT2D eigenvalue weighted by Gasteiger charge is 2.19. The number of nitrogens with zero attached hydrogens (tertiary/aromatic N) is 2. The van der Waals surface area contributed by atoms with Crippen molar-refractivity contribution in [2.45, 2.75) is 25.7 Å². The third kappa shape index (κ3) is 3.38. The zero-order valence-electron chi connectivity index (χ0n) is 10.8.